The highest BCUT2D eigenvalue weighted by Gasteiger charge is 2.15. The maximum absolute atomic E-state index is 12.5. The number of anilines is 1. The number of aryl methyl sites for hydroxylation is 1. The van der Waals surface area contributed by atoms with Gasteiger partial charge >= 0.3 is 0 Å². The standard InChI is InChI=1S/C23H27N5O5S/c1-14-6-8-17(31-3)16(10-14)25-21(29)13-34-23-27-26-20(28(23)2)12-24-22(30)15-7-9-18(32-4)19(11-15)33-5/h6-11H,12-13H2,1-5H3,(H,24,30)(H,25,29). The Balaban J connectivity index is 1.56. The molecule has 34 heavy (non-hydrogen) atoms. The van der Waals surface area contributed by atoms with Crippen molar-refractivity contribution in [3.8, 4) is 17.2 Å². The first-order valence-corrected chi connectivity index (χ1v) is 11.3. The summed E-state index contributed by atoms with van der Waals surface area (Å²) in [6.07, 6.45) is 0. The summed E-state index contributed by atoms with van der Waals surface area (Å²) < 4.78 is 17.5. The van der Waals surface area contributed by atoms with Crippen molar-refractivity contribution < 1.29 is 23.8 Å². The van der Waals surface area contributed by atoms with E-state index in [1.807, 2.05) is 25.1 Å². The van der Waals surface area contributed by atoms with Gasteiger partial charge in [0, 0.05) is 12.6 Å². The number of aromatic nitrogens is 3. The van der Waals surface area contributed by atoms with Crippen LogP contribution in [0.15, 0.2) is 41.6 Å². The first-order valence-electron chi connectivity index (χ1n) is 10.3. The summed E-state index contributed by atoms with van der Waals surface area (Å²) in [5.74, 6) is 1.81. The second-order valence-electron chi connectivity index (χ2n) is 7.25. The van der Waals surface area contributed by atoms with Crippen molar-refractivity contribution in [1.29, 1.82) is 0 Å². The summed E-state index contributed by atoms with van der Waals surface area (Å²) in [5, 5.41) is 14.5. The Morgan fingerprint density at radius 3 is 2.38 bits per heavy atom. The molecule has 0 saturated heterocycles. The summed E-state index contributed by atoms with van der Waals surface area (Å²) in [6.45, 7) is 2.11. The molecule has 10 nitrogen and oxygen atoms in total. The summed E-state index contributed by atoms with van der Waals surface area (Å²) in [5.41, 5.74) is 2.05. The molecule has 0 spiro atoms. The van der Waals surface area contributed by atoms with Gasteiger partial charge < -0.3 is 29.4 Å². The molecule has 0 atom stereocenters. The Hall–Kier alpha value is -3.73. The van der Waals surface area contributed by atoms with E-state index in [1.165, 1.54) is 26.0 Å². The molecule has 2 amide bonds. The van der Waals surface area contributed by atoms with Gasteiger partial charge in [0.2, 0.25) is 5.91 Å². The molecule has 1 aromatic heterocycles. The highest BCUT2D eigenvalue weighted by molar-refractivity contribution is 7.99. The number of carbonyl (C=O) groups is 2. The Labute approximate surface area is 202 Å². The van der Waals surface area contributed by atoms with Crippen LogP contribution in [0.3, 0.4) is 0 Å². The first kappa shape index (κ1) is 24.9. The zero-order valence-corrected chi connectivity index (χ0v) is 20.5. The molecule has 180 valence electrons. The number of methoxy groups -OCH3 is 3. The number of hydrogen-bond donors (Lipinski definition) is 2. The van der Waals surface area contributed by atoms with E-state index in [0.717, 1.165) is 5.56 Å². The lowest BCUT2D eigenvalue weighted by Crippen LogP contribution is -2.24. The van der Waals surface area contributed by atoms with Crippen molar-refractivity contribution in [2.75, 3.05) is 32.4 Å². The van der Waals surface area contributed by atoms with Crippen molar-refractivity contribution in [1.82, 2.24) is 20.1 Å². The molecule has 0 aliphatic rings. The first-order chi connectivity index (χ1) is 16.4. The van der Waals surface area contributed by atoms with Crippen molar-refractivity contribution in [3.05, 3.63) is 53.3 Å². The molecule has 0 bridgehead atoms. The Morgan fingerprint density at radius 1 is 0.971 bits per heavy atom. The zero-order chi connectivity index (χ0) is 24.7. The topological polar surface area (TPSA) is 117 Å². The molecule has 0 aliphatic carbocycles. The second kappa shape index (κ2) is 11.4. The summed E-state index contributed by atoms with van der Waals surface area (Å²) >= 11 is 1.25. The summed E-state index contributed by atoms with van der Waals surface area (Å²) in [6, 6.07) is 10.5. The van der Waals surface area contributed by atoms with Crippen molar-refractivity contribution >= 4 is 29.3 Å². The summed E-state index contributed by atoms with van der Waals surface area (Å²) in [7, 11) is 6.38. The Morgan fingerprint density at radius 2 is 1.68 bits per heavy atom. The molecule has 2 aromatic carbocycles. The number of hydrogen-bond acceptors (Lipinski definition) is 8. The third-order valence-corrected chi connectivity index (χ3v) is 5.96. The minimum absolute atomic E-state index is 0.140. The van der Waals surface area contributed by atoms with E-state index in [-0.39, 0.29) is 24.1 Å². The predicted octanol–water partition coefficient (Wildman–Crippen LogP) is 2.81. The van der Waals surface area contributed by atoms with Crippen LogP contribution >= 0.6 is 11.8 Å². The highest BCUT2D eigenvalue weighted by atomic mass is 32.2. The maximum Gasteiger partial charge on any atom is 0.251 e. The van der Waals surface area contributed by atoms with E-state index >= 15 is 0 Å². The van der Waals surface area contributed by atoms with Crippen molar-refractivity contribution in [2.24, 2.45) is 7.05 Å². The molecule has 0 saturated carbocycles. The van der Waals surface area contributed by atoms with E-state index in [1.54, 1.807) is 36.9 Å². The van der Waals surface area contributed by atoms with Crippen LogP contribution in [0.2, 0.25) is 0 Å². The molecule has 1 heterocycles. The molecule has 11 heteroatoms. The molecular formula is C23H27N5O5S. The van der Waals surface area contributed by atoms with E-state index in [4.69, 9.17) is 14.2 Å². The second-order valence-corrected chi connectivity index (χ2v) is 8.19. The Kier molecular flexibility index (Phi) is 8.36. The molecule has 2 N–H and O–H groups in total. The largest absolute Gasteiger partial charge is 0.495 e. The van der Waals surface area contributed by atoms with Crippen LogP contribution in [0, 0.1) is 6.92 Å². The highest BCUT2D eigenvalue weighted by Crippen LogP contribution is 2.28. The minimum Gasteiger partial charge on any atom is -0.495 e. The number of rotatable bonds is 10. The molecular weight excluding hydrogens is 458 g/mol. The van der Waals surface area contributed by atoms with Gasteiger partial charge in [0.1, 0.15) is 5.75 Å². The monoisotopic (exact) mass is 485 g/mol. The smallest absolute Gasteiger partial charge is 0.251 e. The van der Waals surface area contributed by atoms with Crippen LogP contribution in [0.1, 0.15) is 21.7 Å². The fourth-order valence-electron chi connectivity index (χ4n) is 3.10. The van der Waals surface area contributed by atoms with Crippen LogP contribution in [-0.4, -0.2) is 53.7 Å². The van der Waals surface area contributed by atoms with Gasteiger partial charge in [-0.3, -0.25) is 9.59 Å². The molecule has 0 unspecified atom stereocenters. The van der Waals surface area contributed by atoms with E-state index < -0.39 is 0 Å². The quantitative estimate of drug-likeness (QED) is 0.421. The SMILES string of the molecule is COc1ccc(C)cc1NC(=O)CSc1nnc(CNC(=O)c2ccc(OC)c(OC)c2)n1C. The van der Waals surface area contributed by atoms with Gasteiger partial charge in [-0.05, 0) is 42.8 Å². The molecule has 0 aliphatic heterocycles. The van der Waals surface area contributed by atoms with Gasteiger partial charge in [-0.15, -0.1) is 10.2 Å². The number of thioether (sulfide) groups is 1. The van der Waals surface area contributed by atoms with Crippen LogP contribution in [-0.2, 0) is 18.4 Å². The van der Waals surface area contributed by atoms with E-state index in [0.29, 0.717) is 39.5 Å². The third kappa shape index (κ3) is 5.98. The van der Waals surface area contributed by atoms with E-state index in [9.17, 15) is 9.59 Å². The maximum atomic E-state index is 12.5. The minimum atomic E-state index is -0.287. The number of benzene rings is 2. The lowest BCUT2D eigenvalue weighted by Gasteiger charge is -2.11. The van der Waals surface area contributed by atoms with Gasteiger partial charge in [-0.25, -0.2) is 0 Å². The average Bonchev–Trinajstić information content (AvgIpc) is 3.19. The van der Waals surface area contributed by atoms with Gasteiger partial charge in [-0.1, -0.05) is 17.8 Å². The fraction of sp³-hybridized carbons (Fsp3) is 0.304. The fourth-order valence-corrected chi connectivity index (χ4v) is 3.83. The van der Waals surface area contributed by atoms with Gasteiger partial charge in [0.25, 0.3) is 5.91 Å². The molecule has 0 radical (unpaired) electrons. The van der Waals surface area contributed by atoms with Crippen LogP contribution in [0.4, 0.5) is 5.69 Å². The van der Waals surface area contributed by atoms with E-state index in [2.05, 4.69) is 20.8 Å². The van der Waals surface area contributed by atoms with Gasteiger partial charge in [-0.2, -0.15) is 0 Å². The van der Waals surface area contributed by atoms with Crippen molar-refractivity contribution in [2.45, 2.75) is 18.6 Å². The molecule has 0 fully saturated rings. The normalized spacial score (nSPS) is 10.5. The Bertz CT molecular complexity index is 1180. The summed E-state index contributed by atoms with van der Waals surface area (Å²) in [4.78, 5) is 25.0. The number of nitrogens with zero attached hydrogens (tertiary/aromatic N) is 3. The number of carbonyl (C=O) groups excluding carboxylic acids is 2. The lowest BCUT2D eigenvalue weighted by molar-refractivity contribution is -0.113. The average molecular weight is 486 g/mol. The zero-order valence-electron chi connectivity index (χ0n) is 19.7. The predicted molar refractivity (Wildman–Crippen MR) is 129 cm³/mol. The van der Waals surface area contributed by atoms with Crippen LogP contribution in [0.5, 0.6) is 17.2 Å². The molecule has 3 aromatic rings. The number of ether oxygens (including phenoxy) is 3. The third-order valence-electron chi connectivity index (χ3n) is 4.94. The van der Waals surface area contributed by atoms with Gasteiger partial charge in [0.15, 0.2) is 22.5 Å². The lowest BCUT2D eigenvalue weighted by atomic mass is 10.2. The molecule has 3 rings (SSSR count). The van der Waals surface area contributed by atoms with Crippen molar-refractivity contribution in [3.63, 3.8) is 0 Å². The van der Waals surface area contributed by atoms with Gasteiger partial charge in [0.05, 0.1) is 39.3 Å². The van der Waals surface area contributed by atoms with Crippen LogP contribution < -0.4 is 24.8 Å². The number of nitrogens with one attached hydrogen (secondary N) is 2. The van der Waals surface area contributed by atoms with Crippen LogP contribution in [0.25, 0.3) is 0 Å². The number of amides is 2.